The van der Waals surface area contributed by atoms with Crippen LogP contribution in [0.2, 0.25) is 5.02 Å². The summed E-state index contributed by atoms with van der Waals surface area (Å²) in [5.41, 5.74) is 6.93. The summed E-state index contributed by atoms with van der Waals surface area (Å²) in [5, 5.41) is 10.2. The molecule has 0 spiro atoms. The molecular weight excluding hydrogens is 202 g/mol. The summed E-state index contributed by atoms with van der Waals surface area (Å²) in [6.45, 7) is 0.577. The first-order valence-electron chi connectivity index (χ1n) is 4.35. The lowest BCUT2D eigenvalue weighted by Gasteiger charge is -2.15. The third-order valence-corrected chi connectivity index (χ3v) is 2.33. The first-order valence-corrected chi connectivity index (χ1v) is 4.72. The molecule has 0 aliphatic heterocycles. The van der Waals surface area contributed by atoms with Crippen LogP contribution in [0.4, 0.5) is 0 Å². The van der Waals surface area contributed by atoms with Crippen LogP contribution in [0.25, 0.3) is 0 Å². The van der Waals surface area contributed by atoms with Crippen molar-refractivity contribution in [3.63, 3.8) is 0 Å². The molecule has 3 nitrogen and oxygen atoms in total. The van der Waals surface area contributed by atoms with Gasteiger partial charge in [0, 0.05) is 24.2 Å². The van der Waals surface area contributed by atoms with Gasteiger partial charge in [-0.3, -0.25) is 0 Å². The van der Waals surface area contributed by atoms with E-state index >= 15 is 0 Å². The zero-order chi connectivity index (χ0) is 10.6. The van der Waals surface area contributed by atoms with Gasteiger partial charge in [-0.05, 0) is 11.6 Å². The van der Waals surface area contributed by atoms with Crippen molar-refractivity contribution in [1.82, 2.24) is 0 Å². The maximum atomic E-state index is 9.65. The number of aliphatic hydroxyl groups is 1. The van der Waals surface area contributed by atoms with Gasteiger partial charge in [0.05, 0.1) is 12.7 Å². The second kappa shape index (κ2) is 5.32. The predicted molar refractivity (Wildman–Crippen MR) is 56.2 cm³/mol. The zero-order valence-corrected chi connectivity index (χ0v) is 8.79. The van der Waals surface area contributed by atoms with Crippen molar-refractivity contribution in [2.75, 3.05) is 13.7 Å². The van der Waals surface area contributed by atoms with Gasteiger partial charge in [0.1, 0.15) is 0 Å². The number of hydrogen-bond acceptors (Lipinski definition) is 3. The summed E-state index contributed by atoms with van der Waals surface area (Å²) >= 11 is 5.97. The Bertz CT molecular complexity index is 304. The molecule has 0 aliphatic rings. The monoisotopic (exact) mass is 215 g/mol. The average molecular weight is 216 g/mol. The molecule has 14 heavy (non-hydrogen) atoms. The number of benzene rings is 1. The number of methoxy groups -OCH3 is 1. The van der Waals surface area contributed by atoms with Crippen LogP contribution >= 0.6 is 11.6 Å². The molecule has 0 bridgehead atoms. The van der Waals surface area contributed by atoms with Crippen molar-refractivity contribution < 1.29 is 9.84 Å². The molecule has 0 aromatic heterocycles. The normalized spacial score (nSPS) is 12.9. The summed E-state index contributed by atoms with van der Waals surface area (Å²) in [4.78, 5) is 0. The molecule has 1 aromatic carbocycles. The first-order chi connectivity index (χ1) is 6.70. The van der Waals surface area contributed by atoms with Crippen molar-refractivity contribution in [2.24, 2.45) is 5.73 Å². The highest BCUT2D eigenvalue weighted by Gasteiger charge is 2.14. The number of rotatable bonds is 4. The molecule has 0 amide bonds. The fourth-order valence-electron chi connectivity index (χ4n) is 1.35. The van der Waals surface area contributed by atoms with E-state index in [1.54, 1.807) is 13.2 Å². The molecule has 0 fully saturated rings. The number of nitrogens with two attached hydrogens (primary N) is 1. The molecule has 3 N–H and O–H groups in total. The Morgan fingerprint density at radius 2 is 2.29 bits per heavy atom. The van der Waals surface area contributed by atoms with Crippen molar-refractivity contribution in [3.05, 3.63) is 34.3 Å². The van der Waals surface area contributed by atoms with E-state index in [9.17, 15) is 5.11 Å². The lowest BCUT2D eigenvalue weighted by molar-refractivity contribution is 0.166. The van der Waals surface area contributed by atoms with E-state index in [2.05, 4.69) is 0 Å². The van der Waals surface area contributed by atoms with Gasteiger partial charge in [0.15, 0.2) is 0 Å². The van der Waals surface area contributed by atoms with Crippen molar-refractivity contribution >= 4 is 11.6 Å². The summed E-state index contributed by atoms with van der Waals surface area (Å²) in [6.07, 6.45) is -0.728. The molecular formula is C10H14ClNO2. The largest absolute Gasteiger partial charge is 0.387 e. The van der Waals surface area contributed by atoms with Crippen LogP contribution in [-0.2, 0) is 11.3 Å². The molecule has 1 aromatic rings. The molecule has 0 saturated carbocycles. The van der Waals surface area contributed by atoms with Gasteiger partial charge < -0.3 is 15.6 Å². The lowest BCUT2D eigenvalue weighted by Crippen LogP contribution is -2.14. The Kier molecular flexibility index (Phi) is 4.35. The fraction of sp³-hybridized carbons (Fsp3) is 0.400. The maximum absolute atomic E-state index is 9.65. The molecule has 1 unspecified atom stereocenters. The summed E-state index contributed by atoms with van der Waals surface area (Å²) < 4.78 is 5.01. The van der Waals surface area contributed by atoms with Crippen LogP contribution in [0, 0.1) is 0 Å². The van der Waals surface area contributed by atoms with E-state index < -0.39 is 6.10 Å². The van der Waals surface area contributed by atoms with Crippen molar-refractivity contribution in [1.29, 1.82) is 0 Å². The van der Waals surface area contributed by atoms with Gasteiger partial charge in [-0.15, -0.1) is 0 Å². The van der Waals surface area contributed by atoms with Gasteiger partial charge in [-0.2, -0.15) is 0 Å². The van der Waals surface area contributed by atoms with Gasteiger partial charge in [0.25, 0.3) is 0 Å². The molecule has 1 rings (SSSR count). The average Bonchev–Trinajstić information content (AvgIpc) is 2.18. The number of aliphatic hydroxyl groups excluding tert-OH is 1. The van der Waals surface area contributed by atoms with Crippen LogP contribution in [0.3, 0.4) is 0 Å². The van der Waals surface area contributed by atoms with Crippen LogP contribution in [0.15, 0.2) is 18.2 Å². The quantitative estimate of drug-likeness (QED) is 0.800. The Hall–Kier alpha value is -0.610. The van der Waals surface area contributed by atoms with Gasteiger partial charge in [0.2, 0.25) is 0 Å². The third-order valence-electron chi connectivity index (χ3n) is 2.00. The molecule has 0 radical (unpaired) electrons. The first kappa shape index (κ1) is 11.5. The highest BCUT2D eigenvalue weighted by molar-refractivity contribution is 6.31. The fourth-order valence-corrected chi connectivity index (χ4v) is 1.67. The lowest BCUT2D eigenvalue weighted by atomic mass is 10.0. The van der Waals surface area contributed by atoms with Crippen molar-refractivity contribution in [2.45, 2.75) is 12.7 Å². The predicted octanol–water partition coefficient (Wildman–Crippen LogP) is 1.48. The molecule has 78 valence electrons. The van der Waals surface area contributed by atoms with E-state index in [1.165, 1.54) is 0 Å². The highest BCUT2D eigenvalue weighted by Crippen LogP contribution is 2.26. The topological polar surface area (TPSA) is 55.5 Å². The second-order valence-electron chi connectivity index (χ2n) is 3.00. The van der Waals surface area contributed by atoms with Crippen molar-refractivity contribution in [3.8, 4) is 0 Å². The minimum absolute atomic E-state index is 0.153. The number of halogens is 1. The SMILES string of the molecule is COCc1cccc(Cl)c1C(O)CN. The standard InChI is InChI=1S/C10H14ClNO2/c1-14-6-7-3-2-4-8(11)10(7)9(13)5-12/h2-4,9,13H,5-6,12H2,1H3. The molecule has 0 heterocycles. The third kappa shape index (κ3) is 2.45. The highest BCUT2D eigenvalue weighted by atomic mass is 35.5. The number of ether oxygens (including phenoxy) is 1. The molecule has 1 atom stereocenters. The van der Waals surface area contributed by atoms with E-state index in [4.69, 9.17) is 22.1 Å². The minimum atomic E-state index is -0.728. The molecule has 0 aliphatic carbocycles. The minimum Gasteiger partial charge on any atom is -0.387 e. The Balaban J connectivity index is 3.08. The van der Waals surface area contributed by atoms with E-state index in [-0.39, 0.29) is 6.54 Å². The maximum Gasteiger partial charge on any atom is 0.0930 e. The Morgan fingerprint density at radius 1 is 1.57 bits per heavy atom. The second-order valence-corrected chi connectivity index (χ2v) is 3.40. The summed E-state index contributed by atoms with van der Waals surface area (Å²) in [5.74, 6) is 0. The zero-order valence-electron chi connectivity index (χ0n) is 8.03. The van der Waals surface area contributed by atoms with E-state index in [0.717, 1.165) is 5.56 Å². The summed E-state index contributed by atoms with van der Waals surface area (Å²) in [7, 11) is 1.60. The Labute approximate surface area is 88.4 Å². The Morgan fingerprint density at radius 3 is 2.86 bits per heavy atom. The van der Waals surface area contributed by atoms with E-state index in [1.807, 2.05) is 12.1 Å². The van der Waals surface area contributed by atoms with Gasteiger partial charge >= 0.3 is 0 Å². The van der Waals surface area contributed by atoms with Crippen LogP contribution < -0.4 is 5.73 Å². The van der Waals surface area contributed by atoms with Gasteiger partial charge in [-0.25, -0.2) is 0 Å². The molecule has 0 saturated heterocycles. The smallest absolute Gasteiger partial charge is 0.0930 e. The van der Waals surface area contributed by atoms with E-state index in [0.29, 0.717) is 17.2 Å². The van der Waals surface area contributed by atoms with Gasteiger partial charge in [-0.1, -0.05) is 23.7 Å². The number of hydrogen-bond donors (Lipinski definition) is 2. The summed E-state index contributed by atoms with van der Waals surface area (Å²) in [6, 6.07) is 5.42. The van der Waals surface area contributed by atoms with Crippen LogP contribution in [-0.4, -0.2) is 18.8 Å². The molecule has 4 heteroatoms. The van der Waals surface area contributed by atoms with Crippen LogP contribution in [0.5, 0.6) is 0 Å². The van der Waals surface area contributed by atoms with Crippen LogP contribution in [0.1, 0.15) is 17.2 Å².